The molecule has 2 amide bonds. The summed E-state index contributed by atoms with van der Waals surface area (Å²) in [7, 11) is 1.15. The van der Waals surface area contributed by atoms with Gasteiger partial charge in [0.2, 0.25) is 5.91 Å². The van der Waals surface area contributed by atoms with Gasteiger partial charge in [-0.3, -0.25) is 14.8 Å². The normalized spacial score (nSPS) is 11.4. The lowest BCUT2D eigenvalue weighted by atomic mass is 10.0. The average molecular weight is 554 g/mol. The zero-order valence-corrected chi connectivity index (χ0v) is 21.9. The highest BCUT2D eigenvalue weighted by molar-refractivity contribution is 6.06. The highest BCUT2D eigenvalue weighted by Gasteiger charge is 2.35. The van der Waals surface area contributed by atoms with Gasteiger partial charge in [-0.1, -0.05) is 37.1 Å². The van der Waals surface area contributed by atoms with Gasteiger partial charge in [-0.15, -0.1) is 0 Å². The lowest BCUT2D eigenvalue weighted by Crippen LogP contribution is -2.32. The Kier molecular flexibility index (Phi) is 9.11. The van der Waals surface area contributed by atoms with Crippen molar-refractivity contribution in [2.75, 3.05) is 18.6 Å². The zero-order valence-electron chi connectivity index (χ0n) is 21.9. The van der Waals surface area contributed by atoms with Gasteiger partial charge in [-0.2, -0.15) is 13.2 Å². The van der Waals surface area contributed by atoms with Crippen molar-refractivity contribution in [3.8, 4) is 16.9 Å². The zero-order chi connectivity index (χ0) is 28.7. The van der Waals surface area contributed by atoms with Gasteiger partial charge in [0.1, 0.15) is 5.75 Å². The molecule has 0 aliphatic carbocycles. The van der Waals surface area contributed by atoms with E-state index in [1.165, 1.54) is 11.0 Å². The predicted molar refractivity (Wildman–Crippen MR) is 146 cm³/mol. The molecule has 4 aromatic rings. The van der Waals surface area contributed by atoms with Crippen molar-refractivity contribution in [3.63, 3.8) is 0 Å². The summed E-state index contributed by atoms with van der Waals surface area (Å²) in [4.78, 5) is 29.4. The molecule has 0 radical (unpaired) electrons. The van der Waals surface area contributed by atoms with Crippen LogP contribution in [0.5, 0.6) is 5.75 Å². The Bertz CT molecular complexity index is 1470. The van der Waals surface area contributed by atoms with E-state index in [0.29, 0.717) is 31.4 Å². The Labute approximate surface area is 229 Å². The van der Waals surface area contributed by atoms with E-state index in [-0.39, 0.29) is 24.3 Å². The summed E-state index contributed by atoms with van der Waals surface area (Å²) in [6.45, 7) is 0.270. The number of alkyl halides is 3. The van der Waals surface area contributed by atoms with Gasteiger partial charge in [0, 0.05) is 35.9 Å². The van der Waals surface area contributed by atoms with Gasteiger partial charge in [-0.05, 0) is 71.8 Å². The summed E-state index contributed by atoms with van der Waals surface area (Å²) < 4.78 is 45.8. The molecule has 7 nitrogen and oxygen atoms in total. The number of carbonyl (C=O) groups is 2. The van der Waals surface area contributed by atoms with Crippen molar-refractivity contribution in [2.24, 2.45) is 0 Å². The van der Waals surface area contributed by atoms with Crippen LogP contribution in [0.3, 0.4) is 0 Å². The molecule has 10 heteroatoms. The fourth-order valence-corrected chi connectivity index (χ4v) is 4.59. The van der Waals surface area contributed by atoms with Crippen molar-refractivity contribution in [1.82, 2.24) is 10.5 Å². The first-order chi connectivity index (χ1) is 19.2. The predicted octanol–water partition coefficient (Wildman–Crippen LogP) is 6.97. The summed E-state index contributed by atoms with van der Waals surface area (Å²) in [5.74, 6) is -1.38. The number of hydrogen-bond acceptors (Lipinski definition) is 4. The highest BCUT2D eigenvalue weighted by Crippen LogP contribution is 2.37. The van der Waals surface area contributed by atoms with Gasteiger partial charge in [0.25, 0.3) is 5.91 Å². The number of carbonyl (C=O) groups excluding carboxylic acids is 2. The number of methoxy groups -OCH3 is 1. The van der Waals surface area contributed by atoms with Gasteiger partial charge in [-0.25, -0.2) is 5.48 Å². The maximum atomic E-state index is 13.6. The smallest absolute Gasteiger partial charge is 0.419 e. The Morgan fingerprint density at radius 3 is 2.35 bits per heavy atom. The first-order valence-electron chi connectivity index (χ1n) is 12.9. The molecule has 3 aromatic carbocycles. The molecule has 3 N–H and O–H groups in total. The number of hydroxylamine groups is 1. The first-order valence-corrected chi connectivity index (χ1v) is 12.9. The van der Waals surface area contributed by atoms with Gasteiger partial charge in [0.15, 0.2) is 0 Å². The van der Waals surface area contributed by atoms with E-state index in [2.05, 4.69) is 4.98 Å². The van der Waals surface area contributed by atoms with Crippen LogP contribution in [0, 0.1) is 0 Å². The van der Waals surface area contributed by atoms with E-state index in [9.17, 15) is 22.8 Å². The Morgan fingerprint density at radius 1 is 0.925 bits per heavy atom. The average Bonchev–Trinajstić information content (AvgIpc) is 3.44. The second-order valence-corrected chi connectivity index (χ2v) is 9.40. The van der Waals surface area contributed by atoms with Crippen LogP contribution in [-0.4, -0.2) is 35.7 Å². The number of aromatic amines is 1. The van der Waals surface area contributed by atoms with Crippen LogP contribution in [0.15, 0.2) is 72.9 Å². The number of H-pyrrole nitrogens is 1. The minimum Gasteiger partial charge on any atom is -0.496 e. The summed E-state index contributed by atoms with van der Waals surface area (Å²) in [6, 6.07) is 18.6. The number of anilines is 1. The molecule has 0 aliphatic rings. The fourth-order valence-electron chi connectivity index (χ4n) is 4.59. The van der Waals surface area contributed by atoms with Crippen LogP contribution >= 0.6 is 0 Å². The number of halogens is 3. The molecule has 1 aromatic heterocycles. The second-order valence-electron chi connectivity index (χ2n) is 9.40. The monoisotopic (exact) mass is 553 g/mol. The minimum absolute atomic E-state index is 0.103. The van der Waals surface area contributed by atoms with Crippen molar-refractivity contribution in [2.45, 2.75) is 38.3 Å². The Morgan fingerprint density at radius 2 is 1.65 bits per heavy atom. The third kappa shape index (κ3) is 6.81. The van der Waals surface area contributed by atoms with E-state index in [4.69, 9.17) is 9.94 Å². The molecule has 0 bridgehead atoms. The lowest BCUT2D eigenvalue weighted by molar-refractivity contribution is -0.138. The standard InChI is InChI=1S/C30H30F3N3O4/c1-40-27-14-11-23(18-25(27)30(31,32)33)29(38)36(17-5-3-2-4-6-28(37)35-39)24-12-9-20(10-13-24)22-8-7-21-15-16-34-26(21)19-22/h7-16,18-19,34,39H,2-6,17H2,1H3,(H,35,37). The van der Waals surface area contributed by atoms with Crippen molar-refractivity contribution in [3.05, 3.63) is 84.1 Å². The van der Waals surface area contributed by atoms with Crippen LogP contribution in [0.4, 0.5) is 18.9 Å². The number of amides is 2. The molecule has 0 aliphatic heterocycles. The number of ether oxygens (including phenoxy) is 1. The highest BCUT2D eigenvalue weighted by atomic mass is 19.4. The molecule has 210 valence electrons. The van der Waals surface area contributed by atoms with E-state index in [1.54, 1.807) is 17.6 Å². The molecular formula is C30H30F3N3O4. The topological polar surface area (TPSA) is 94.7 Å². The number of fused-ring (bicyclic) bond motifs is 1. The number of nitrogens with zero attached hydrogens (tertiary/aromatic N) is 1. The number of nitrogens with one attached hydrogen (secondary N) is 2. The number of benzene rings is 3. The second kappa shape index (κ2) is 12.7. The van der Waals surface area contributed by atoms with E-state index < -0.39 is 23.6 Å². The minimum atomic E-state index is -4.69. The summed E-state index contributed by atoms with van der Waals surface area (Å²) >= 11 is 0. The number of hydrogen-bond donors (Lipinski definition) is 3. The van der Waals surface area contributed by atoms with Crippen molar-refractivity contribution >= 4 is 28.4 Å². The lowest BCUT2D eigenvalue weighted by Gasteiger charge is -2.24. The third-order valence-electron chi connectivity index (χ3n) is 6.72. The maximum Gasteiger partial charge on any atom is 0.419 e. The molecule has 4 rings (SSSR count). The maximum absolute atomic E-state index is 13.6. The van der Waals surface area contributed by atoms with Crippen LogP contribution in [0.1, 0.15) is 48.0 Å². The van der Waals surface area contributed by atoms with Crippen LogP contribution in [0.2, 0.25) is 0 Å². The molecule has 0 fully saturated rings. The van der Waals surface area contributed by atoms with Crippen LogP contribution < -0.4 is 15.1 Å². The molecule has 1 heterocycles. The van der Waals surface area contributed by atoms with Gasteiger partial charge >= 0.3 is 6.18 Å². The van der Waals surface area contributed by atoms with Crippen molar-refractivity contribution < 1.29 is 32.7 Å². The first kappa shape index (κ1) is 28.7. The number of unbranched alkanes of at least 4 members (excludes halogenated alkanes) is 3. The molecular weight excluding hydrogens is 523 g/mol. The Balaban J connectivity index is 1.57. The van der Waals surface area contributed by atoms with E-state index in [1.807, 2.05) is 42.6 Å². The molecule has 0 spiro atoms. The molecule has 0 saturated carbocycles. The molecule has 40 heavy (non-hydrogen) atoms. The summed E-state index contributed by atoms with van der Waals surface area (Å²) in [5, 5.41) is 9.70. The molecule has 0 unspecified atom stereocenters. The van der Waals surface area contributed by atoms with Crippen LogP contribution in [-0.2, 0) is 11.0 Å². The third-order valence-corrected chi connectivity index (χ3v) is 6.72. The quantitative estimate of drug-likeness (QED) is 0.106. The van der Waals surface area contributed by atoms with Crippen LogP contribution in [0.25, 0.3) is 22.0 Å². The van der Waals surface area contributed by atoms with Crippen molar-refractivity contribution in [1.29, 1.82) is 0 Å². The fraction of sp³-hybridized carbons (Fsp3) is 0.267. The largest absolute Gasteiger partial charge is 0.496 e. The summed E-state index contributed by atoms with van der Waals surface area (Å²) in [5.41, 5.74) is 3.94. The number of aromatic nitrogens is 1. The SMILES string of the molecule is COc1ccc(C(=O)N(CCCCCCC(=O)NO)c2ccc(-c3ccc4cc[nH]c4c3)cc2)cc1C(F)(F)F. The van der Waals surface area contributed by atoms with E-state index >= 15 is 0 Å². The summed E-state index contributed by atoms with van der Waals surface area (Å²) in [6.07, 6.45) is -0.126. The number of rotatable bonds is 11. The van der Waals surface area contributed by atoms with Gasteiger partial charge < -0.3 is 14.6 Å². The Hall–Kier alpha value is -4.31. The molecule has 0 atom stereocenters. The van der Waals surface area contributed by atoms with E-state index in [0.717, 1.165) is 41.3 Å². The molecule has 0 saturated heterocycles. The van der Waals surface area contributed by atoms with Gasteiger partial charge in [0.05, 0.1) is 12.7 Å².